The molecule has 0 N–H and O–H groups in total. The van der Waals surface area contributed by atoms with E-state index in [1.807, 2.05) is 0 Å². The number of carbonyl (C=O) groups excluding carboxylic acids is 1. The fraction of sp³-hybridized carbons (Fsp3) is 0.154. The fourth-order valence-electron chi connectivity index (χ4n) is 1.91. The number of ether oxygens (including phenoxy) is 1. The Bertz CT molecular complexity index is 828. The van der Waals surface area contributed by atoms with Crippen LogP contribution >= 0.6 is 11.3 Å². The van der Waals surface area contributed by atoms with Crippen molar-refractivity contribution in [2.24, 2.45) is 0 Å². The van der Waals surface area contributed by atoms with Gasteiger partial charge in [-0.3, -0.25) is 0 Å². The second kappa shape index (κ2) is 5.21. The van der Waals surface area contributed by atoms with E-state index in [0.717, 1.165) is 23.6 Å². The average Bonchev–Trinajstić information content (AvgIpc) is 3.02. The molecule has 3 aromatic rings. The zero-order valence-corrected chi connectivity index (χ0v) is 11.7. The van der Waals surface area contributed by atoms with E-state index in [0.29, 0.717) is 0 Å². The van der Waals surface area contributed by atoms with Crippen LogP contribution in [0.4, 0.5) is 8.78 Å². The lowest BCUT2D eigenvalue weighted by molar-refractivity contribution is 0.0521. The van der Waals surface area contributed by atoms with Gasteiger partial charge in [-0.15, -0.1) is 11.3 Å². The van der Waals surface area contributed by atoms with Crippen molar-refractivity contribution < 1.29 is 18.3 Å². The molecule has 5 nitrogen and oxygen atoms in total. The number of rotatable bonds is 3. The summed E-state index contributed by atoms with van der Waals surface area (Å²) in [5, 5.41) is 5.94. The molecule has 0 bridgehead atoms. The van der Waals surface area contributed by atoms with Gasteiger partial charge in [-0.1, -0.05) is 0 Å². The minimum Gasteiger partial charge on any atom is -0.461 e. The first-order chi connectivity index (χ1) is 10.1. The summed E-state index contributed by atoms with van der Waals surface area (Å²) >= 11 is 1.10. The van der Waals surface area contributed by atoms with E-state index in [1.165, 1.54) is 10.7 Å². The van der Waals surface area contributed by atoms with Crippen molar-refractivity contribution in [3.05, 3.63) is 41.0 Å². The largest absolute Gasteiger partial charge is 0.461 e. The number of fused-ring (bicyclic) bond motifs is 1. The molecule has 0 atom stereocenters. The molecule has 0 amide bonds. The van der Waals surface area contributed by atoms with Crippen LogP contribution in [0.3, 0.4) is 0 Å². The van der Waals surface area contributed by atoms with Gasteiger partial charge in [0.25, 0.3) is 0 Å². The van der Waals surface area contributed by atoms with Crippen molar-refractivity contribution in [1.82, 2.24) is 14.8 Å². The normalized spacial score (nSPS) is 11.0. The number of nitrogens with zero attached hydrogens (tertiary/aromatic N) is 3. The van der Waals surface area contributed by atoms with Crippen LogP contribution in [-0.4, -0.2) is 27.3 Å². The maximum atomic E-state index is 13.7. The third-order valence-corrected chi connectivity index (χ3v) is 3.61. The Morgan fingerprint density at radius 2 is 2.29 bits per heavy atom. The average molecular weight is 309 g/mol. The first-order valence-electron chi connectivity index (χ1n) is 6.06. The molecule has 0 unspecified atom stereocenters. The molecule has 21 heavy (non-hydrogen) atoms. The summed E-state index contributed by atoms with van der Waals surface area (Å²) in [6.07, 6.45) is 0.987. The van der Waals surface area contributed by atoms with Crippen molar-refractivity contribution in [3.8, 4) is 5.00 Å². The molecule has 3 aromatic heterocycles. The van der Waals surface area contributed by atoms with Crippen LogP contribution in [0.15, 0.2) is 23.7 Å². The summed E-state index contributed by atoms with van der Waals surface area (Å²) in [4.78, 5) is 15.8. The zero-order valence-electron chi connectivity index (χ0n) is 10.8. The third-order valence-electron chi connectivity index (χ3n) is 2.75. The van der Waals surface area contributed by atoms with E-state index >= 15 is 0 Å². The summed E-state index contributed by atoms with van der Waals surface area (Å²) in [5.74, 6) is -1.81. The van der Waals surface area contributed by atoms with Gasteiger partial charge < -0.3 is 4.74 Å². The number of carbonyl (C=O) groups is 1. The van der Waals surface area contributed by atoms with E-state index in [2.05, 4.69) is 10.1 Å². The second-order valence-electron chi connectivity index (χ2n) is 4.08. The molecular formula is C13H9F2N3O2S. The molecule has 0 spiro atoms. The third kappa shape index (κ3) is 2.27. The first kappa shape index (κ1) is 13.6. The summed E-state index contributed by atoms with van der Waals surface area (Å²) in [7, 11) is 0. The summed E-state index contributed by atoms with van der Waals surface area (Å²) < 4.78 is 33.2. The van der Waals surface area contributed by atoms with Crippen LogP contribution in [0.2, 0.25) is 0 Å². The Balaban J connectivity index is 2.27. The standard InChI is InChI=1S/C13H9F2N3O2S/c1-2-20-13(19)10-8-5-7(14)6-16-11(8)18(17-10)12-9(15)3-4-21-12/h3-6H,2H2,1H3. The fourth-order valence-corrected chi connectivity index (χ4v) is 2.63. The highest BCUT2D eigenvalue weighted by Gasteiger charge is 2.22. The minimum absolute atomic E-state index is 0.0911. The number of halogens is 2. The highest BCUT2D eigenvalue weighted by atomic mass is 32.1. The smallest absolute Gasteiger partial charge is 0.359 e. The van der Waals surface area contributed by atoms with Crippen molar-refractivity contribution in [3.63, 3.8) is 0 Å². The number of esters is 1. The lowest BCUT2D eigenvalue weighted by atomic mass is 10.2. The van der Waals surface area contributed by atoms with Gasteiger partial charge in [0.1, 0.15) is 5.82 Å². The van der Waals surface area contributed by atoms with Gasteiger partial charge >= 0.3 is 5.97 Å². The molecule has 3 heterocycles. The van der Waals surface area contributed by atoms with Crippen LogP contribution in [-0.2, 0) is 4.74 Å². The van der Waals surface area contributed by atoms with Crippen LogP contribution in [0.1, 0.15) is 17.4 Å². The zero-order chi connectivity index (χ0) is 15.0. The SMILES string of the molecule is CCOC(=O)c1nn(-c2sccc2F)c2ncc(F)cc12. The number of hydrogen-bond acceptors (Lipinski definition) is 5. The highest BCUT2D eigenvalue weighted by molar-refractivity contribution is 7.12. The van der Waals surface area contributed by atoms with Crippen molar-refractivity contribution in [2.75, 3.05) is 6.61 Å². The summed E-state index contributed by atoms with van der Waals surface area (Å²) in [6.45, 7) is 1.80. The number of thiophene rings is 1. The number of aromatic nitrogens is 3. The van der Waals surface area contributed by atoms with Gasteiger partial charge in [0.2, 0.25) is 0 Å². The summed E-state index contributed by atoms with van der Waals surface area (Å²) in [6, 6.07) is 2.41. The molecular weight excluding hydrogens is 300 g/mol. The molecule has 0 fully saturated rings. The molecule has 8 heteroatoms. The van der Waals surface area contributed by atoms with Crippen molar-refractivity contribution >= 4 is 28.3 Å². The van der Waals surface area contributed by atoms with E-state index in [-0.39, 0.29) is 28.3 Å². The Kier molecular flexibility index (Phi) is 3.38. The number of pyridine rings is 1. The van der Waals surface area contributed by atoms with Gasteiger partial charge in [-0.2, -0.15) is 5.10 Å². The second-order valence-corrected chi connectivity index (χ2v) is 4.97. The topological polar surface area (TPSA) is 57.0 Å². The van der Waals surface area contributed by atoms with Crippen LogP contribution < -0.4 is 0 Å². The molecule has 0 aromatic carbocycles. The number of hydrogen-bond donors (Lipinski definition) is 0. The maximum absolute atomic E-state index is 13.7. The first-order valence-corrected chi connectivity index (χ1v) is 6.94. The molecule has 0 saturated heterocycles. The van der Waals surface area contributed by atoms with Crippen molar-refractivity contribution in [2.45, 2.75) is 6.92 Å². The molecule has 0 aliphatic heterocycles. The van der Waals surface area contributed by atoms with E-state index in [4.69, 9.17) is 4.74 Å². The van der Waals surface area contributed by atoms with Crippen LogP contribution in [0.25, 0.3) is 16.0 Å². The van der Waals surface area contributed by atoms with Gasteiger partial charge in [0.05, 0.1) is 18.2 Å². The van der Waals surface area contributed by atoms with E-state index in [1.54, 1.807) is 12.3 Å². The highest BCUT2D eigenvalue weighted by Crippen LogP contribution is 2.26. The molecule has 0 aliphatic rings. The Labute approximate surface area is 121 Å². The predicted octanol–water partition coefficient (Wildman–Crippen LogP) is 2.94. The Morgan fingerprint density at radius 3 is 2.95 bits per heavy atom. The molecule has 0 saturated carbocycles. The molecule has 108 valence electrons. The van der Waals surface area contributed by atoms with Gasteiger partial charge in [0, 0.05) is 0 Å². The summed E-state index contributed by atoms with van der Waals surface area (Å²) in [5.41, 5.74) is 0.104. The maximum Gasteiger partial charge on any atom is 0.359 e. The monoisotopic (exact) mass is 309 g/mol. The lowest BCUT2D eigenvalue weighted by Crippen LogP contribution is -2.07. The lowest BCUT2D eigenvalue weighted by Gasteiger charge is -1.98. The van der Waals surface area contributed by atoms with Gasteiger partial charge in [-0.05, 0) is 24.4 Å². The van der Waals surface area contributed by atoms with Crippen LogP contribution in [0.5, 0.6) is 0 Å². The Hall–Kier alpha value is -2.35. The van der Waals surface area contributed by atoms with Gasteiger partial charge in [0.15, 0.2) is 22.2 Å². The van der Waals surface area contributed by atoms with Crippen molar-refractivity contribution in [1.29, 1.82) is 0 Å². The van der Waals surface area contributed by atoms with Gasteiger partial charge in [-0.25, -0.2) is 23.2 Å². The van der Waals surface area contributed by atoms with Crippen LogP contribution in [0, 0.1) is 11.6 Å². The molecule has 3 rings (SSSR count). The predicted molar refractivity (Wildman–Crippen MR) is 72.6 cm³/mol. The van der Waals surface area contributed by atoms with E-state index < -0.39 is 17.6 Å². The molecule has 0 aliphatic carbocycles. The minimum atomic E-state index is -0.703. The molecule has 0 radical (unpaired) electrons. The van der Waals surface area contributed by atoms with E-state index in [9.17, 15) is 13.6 Å². The Morgan fingerprint density at radius 1 is 1.48 bits per heavy atom. The quantitative estimate of drug-likeness (QED) is 0.698.